The van der Waals surface area contributed by atoms with Crippen LogP contribution in [0.4, 0.5) is 10.5 Å². The molecule has 0 heterocycles. The maximum Gasteiger partial charge on any atom is 0.513 e. The standard InChI is InChI=1S/C14H19NO8/c1-19-6-7-20-8-9-21-10-11-22-14(16)23-13-4-2-12(3-5-13)15(17)18/h2-5H,6-11H2,1H3. The van der Waals surface area contributed by atoms with Gasteiger partial charge in [0.15, 0.2) is 0 Å². The highest BCUT2D eigenvalue weighted by atomic mass is 16.7. The Bertz CT molecular complexity index is 476. The van der Waals surface area contributed by atoms with E-state index < -0.39 is 11.1 Å². The average Bonchev–Trinajstić information content (AvgIpc) is 2.54. The summed E-state index contributed by atoms with van der Waals surface area (Å²) in [5.41, 5.74) is -0.0909. The Labute approximate surface area is 133 Å². The average molecular weight is 329 g/mol. The molecule has 0 saturated heterocycles. The van der Waals surface area contributed by atoms with Crippen LogP contribution >= 0.6 is 0 Å². The SMILES string of the molecule is COCCOCCOCCOC(=O)Oc1ccc([N+](=O)[O-])cc1. The number of benzene rings is 1. The van der Waals surface area contributed by atoms with Gasteiger partial charge in [0.05, 0.1) is 38.0 Å². The van der Waals surface area contributed by atoms with Crippen LogP contribution in [0.3, 0.4) is 0 Å². The van der Waals surface area contributed by atoms with Gasteiger partial charge in [0.2, 0.25) is 0 Å². The third kappa shape index (κ3) is 8.71. The fourth-order valence-electron chi connectivity index (χ4n) is 1.41. The number of hydrogen-bond acceptors (Lipinski definition) is 8. The minimum Gasteiger partial charge on any atom is -0.432 e. The number of nitrogens with zero attached hydrogens (tertiary/aromatic N) is 1. The number of carbonyl (C=O) groups is 1. The van der Waals surface area contributed by atoms with Crippen molar-refractivity contribution in [3.63, 3.8) is 0 Å². The van der Waals surface area contributed by atoms with Gasteiger partial charge in [-0.3, -0.25) is 10.1 Å². The van der Waals surface area contributed by atoms with E-state index in [1.54, 1.807) is 7.11 Å². The second-order valence-corrected chi connectivity index (χ2v) is 4.17. The van der Waals surface area contributed by atoms with Crippen LogP contribution in [0, 0.1) is 10.1 Å². The summed E-state index contributed by atoms with van der Waals surface area (Å²) in [5.74, 6) is 0.160. The molecule has 0 aliphatic rings. The van der Waals surface area contributed by atoms with E-state index in [1.807, 2.05) is 0 Å². The van der Waals surface area contributed by atoms with Gasteiger partial charge in [0.1, 0.15) is 12.4 Å². The van der Waals surface area contributed by atoms with Crippen molar-refractivity contribution < 1.29 is 33.4 Å². The zero-order valence-electron chi connectivity index (χ0n) is 12.8. The van der Waals surface area contributed by atoms with Crippen LogP contribution in [0.25, 0.3) is 0 Å². The number of hydrogen-bond donors (Lipinski definition) is 0. The van der Waals surface area contributed by atoms with Crippen LogP contribution in [-0.2, 0) is 18.9 Å². The highest BCUT2D eigenvalue weighted by molar-refractivity contribution is 5.63. The number of nitro groups is 1. The first kappa shape index (κ1) is 18.8. The fourth-order valence-corrected chi connectivity index (χ4v) is 1.41. The first-order chi connectivity index (χ1) is 11.1. The lowest BCUT2D eigenvalue weighted by Gasteiger charge is -2.07. The molecule has 128 valence electrons. The maximum atomic E-state index is 11.4. The number of rotatable bonds is 11. The predicted molar refractivity (Wildman–Crippen MR) is 78.6 cm³/mol. The van der Waals surface area contributed by atoms with Crippen LogP contribution in [0.1, 0.15) is 0 Å². The largest absolute Gasteiger partial charge is 0.513 e. The molecule has 0 bridgehead atoms. The van der Waals surface area contributed by atoms with Crippen molar-refractivity contribution in [1.82, 2.24) is 0 Å². The molecule has 0 N–H and O–H groups in total. The van der Waals surface area contributed by atoms with Crippen molar-refractivity contribution in [1.29, 1.82) is 0 Å². The van der Waals surface area contributed by atoms with Gasteiger partial charge in [0, 0.05) is 19.2 Å². The molecule has 9 heteroatoms. The summed E-state index contributed by atoms with van der Waals surface area (Å²) in [4.78, 5) is 21.3. The molecule has 0 radical (unpaired) electrons. The second kappa shape index (κ2) is 11.4. The van der Waals surface area contributed by atoms with E-state index in [4.69, 9.17) is 23.7 Å². The van der Waals surface area contributed by atoms with Crippen molar-refractivity contribution in [3.8, 4) is 5.75 Å². The molecule has 1 rings (SSSR count). The normalized spacial score (nSPS) is 10.3. The molecule has 0 aliphatic heterocycles. The number of nitro benzene ring substituents is 1. The van der Waals surface area contributed by atoms with Gasteiger partial charge < -0.3 is 23.7 Å². The van der Waals surface area contributed by atoms with Gasteiger partial charge in [-0.25, -0.2) is 4.79 Å². The van der Waals surface area contributed by atoms with Crippen molar-refractivity contribution in [3.05, 3.63) is 34.4 Å². The van der Waals surface area contributed by atoms with Gasteiger partial charge >= 0.3 is 6.16 Å². The summed E-state index contributed by atoms with van der Waals surface area (Å²) in [6.07, 6.45) is -0.904. The number of carbonyl (C=O) groups excluding carboxylic acids is 1. The first-order valence-corrected chi connectivity index (χ1v) is 6.87. The van der Waals surface area contributed by atoms with Crippen LogP contribution in [0.15, 0.2) is 24.3 Å². The van der Waals surface area contributed by atoms with Crippen molar-refractivity contribution >= 4 is 11.8 Å². The molecule has 1 aromatic rings. The van der Waals surface area contributed by atoms with Crippen molar-refractivity contribution in [2.45, 2.75) is 0 Å². The zero-order valence-corrected chi connectivity index (χ0v) is 12.8. The molecule has 0 amide bonds. The summed E-state index contributed by atoms with van der Waals surface area (Å²) in [7, 11) is 1.59. The Balaban J connectivity index is 2.07. The van der Waals surface area contributed by atoms with E-state index in [0.29, 0.717) is 26.4 Å². The van der Waals surface area contributed by atoms with Crippen LogP contribution in [-0.4, -0.2) is 57.8 Å². The van der Waals surface area contributed by atoms with E-state index in [-0.39, 0.29) is 24.7 Å². The summed E-state index contributed by atoms with van der Waals surface area (Å²) < 4.78 is 24.8. The van der Waals surface area contributed by atoms with Gasteiger partial charge in [-0.1, -0.05) is 0 Å². The monoisotopic (exact) mass is 329 g/mol. The minimum atomic E-state index is -0.904. The van der Waals surface area contributed by atoms with Crippen LogP contribution < -0.4 is 4.74 Å². The molecule has 23 heavy (non-hydrogen) atoms. The van der Waals surface area contributed by atoms with E-state index in [0.717, 1.165) is 0 Å². The fraction of sp³-hybridized carbons (Fsp3) is 0.500. The summed E-state index contributed by atoms with van der Waals surface area (Å²) in [6, 6.07) is 5.09. The van der Waals surface area contributed by atoms with Gasteiger partial charge in [-0.05, 0) is 12.1 Å². The van der Waals surface area contributed by atoms with E-state index in [9.17, 15) is 14.9 Å². The van der Waals surface area contributed by atoms with E-state index in [1.165, 1.54) is 24.3 Å². The third-order valence-electron chi connectivity index (χ3n) is 2.50. The number of non-ortho nitro benzene ring substituents is 1. The molecule has 1 aromatic carbocycles. The van der Waals surface area contributed by atoms with Gasteiger partial charge in [-0.15, -0.1) is 0 Å². The maximum absolute atomic E-state index is 11.4. The molecule has 0 aliphatic carbocycles. The van der Waals surface area contributed by atoms with Gasteiger partial charge in [0.25, 0.3) is 5.69 Å². The molecule has 9 nitrogen and oxygen atoms in total. The predicted octanol–water partition coefficient (Wildman–Crippen LogP) is 1.79. The topological polar surface area (TPSA) is 106 Å². The highest BCUT2D eigenvalue weighted by Crippen LogP contribution is 2.17. The summed E-state index contributed by atoms with van der Waals surface area (Å²) in [5, 5.41) is 10.5. The van der Waals surface area contributed by atoms with Crippen molar-refractivity contribution in [2.75, 3.05) is 46.8 Å². The number of methoxy groups -OCH3 is 1. The molecule has 0 fully saturated rings. The Hall–Kier alpha value is -2.23. The molecule has 0 unspecified atom stereocenters. The molecule has 0 atom stereocenters. The second-order valence-electron chi connectivity index (χ2n) is 4.17. The highest BCUT2D eigenvalue weighted by Gasteiger charge is 2.08. The third-order valence-corrected chi connectivity index (χ3v) is 2.50. The lowest BCUT2D eigenvalue weighted by molar-refractivity contribution is -0.384. The molecule has 0 aromatic heterocycles. The lowest BCUT2D eigenvalue weighted by Crippen LogP contribution is -2.16. The molecular weight excluding hydrogens is 310 g/mol. The Morgan fingerprint density at radius 1 is 1.00 bits per heavy atom. The Morgan fingerprint density at radius 3 is 2.13 bits per heavy atom. The summed E-state index contributed by atoms with van der Waals surface area (Å²) in [6.45, 7) is 2.07. The molecular formula is C14H19NO8. The van der Waals surface area contributed by atoms with E-state index >= 15 is 0 Å². The number of ether oxygens (including phenoxy) is 5. The molecule has 0 saturated carbocycles. The minimum absolute atomic E-state index is 0.0316. The zero-order chi connectivity index (χ0) is 16.9. The van der Waals surface area contributed by atoms with Crippen molar-refractivity contribution in [2.24, 2.45) is 0 Å². The molecule has 0 spiro atoms. The summed E-state index contributed by atoms with van der Waals surface area (Å²) >= 11 is 0. The van der Waals surface area contributed by atoms with Crippen LogP contribution in [0.2, 0.25) is 0 Å². The Kier molecular flexibility index (Phi) is 9.29. The van der Waals surface area contributed by atoms with E-state index in [2.05, 4.69) is 0 Å². The quantitative estimate of drug-likeness (QED) is 0.199. The lowest BCUT2D eigenvalue weighted by atomic mass is 10.3. The smallest absolute Gasteiger partial charge is 0.432 e. The first-order valence-electron chi connectivity index (χ1n) is 6.87. The van der Waals surface area contributed by atoms with Gasteiger partial charge in [-0.2, -0.15) is 0 Å². The Morgan fingerprint density at radius 2 is 1.57 bits per heavy atom. The van der Waals surface area contributed by atoms with Crippen LogP contribution in [0.5, 0.6) is 5.75 Å².